The van der Waals surface area contributed by atoms with Crippen molar-refractivity contribution < 1.29 is 19.0 Å². The maximum absolute atomic E-state index is 5.51. The van der Waals surface area contributed by atoms with Gasteiger partial charge >= 0.3 is 0 Å². The van der Waals surface area contributed by atoms with Crippen molar-refractivity contribution in [2.45, 2.75) is 13.2 Å². The van der Waals surface area contributed by atoms with Crippen LogP contribution in [-0.4, -0.2) is 51.4 Å². The molecule has 1 rings (SSSR count). The summed E-state index contributed by atoms with van der Waals surface area (Å²) in [6, 6.07) is 0. The molecule has 0 N–H and O–H groups in total. The Bertz CT molecular complexity index is 140. The second kappa shape index (κ2) is 4.18. The van der Waals surface area contributed by atoms with Crippen LogP contribution in [0, 0.1) is 0 Å². The van der Waals surface area contributed by atoms with Gasteiger partial charge in [-0.3, -0.25) is 0 Å². The monoisotopic (exact) mass is 176 g/mol. The van der Waals surface area contributed by atoms with E-state index in [9.17, 15) is 0 Å². The molecule has 72 valence electrons. The first-order valence-corrected chi connectivity index (χ1v) is 4.33. The number of morpholine rings is 1. The topological polar surface area (TPSA) is 27.7 Å². The Labute approximate surface area is 73.6 Å². The molecule has 0 radical (unpaired) electrons. The fourth-order valence-electron chi connectivity index (χ4n) is 1.34. The lowest BCUT2D eigenvalue weighted by molar-refractivity contribution is -1.12. The third-order valence-electron chi connectivity index (χ3n) is 2.33. The van der Waals surface area contributed by atoms with E-state index < -0.39 is 0 Å². The van der Waals surface area contributed by atoms with Gasteiger partial charge in [0.05, 0.1) is 20.3 Å². The van der Waals surface area contributed by atoms with Gasteiger partial charge in [0.15, 0.2) is 0 Å². The van der Waals surface area contributed by atoms with Crippen LogP contribution < -0.4 is 0 Å². The molecule has 2 atom stereocenters. The lowest BCUT2D eigenvalue weighted by Gasteiger charge is -2.39. The molecule has 1 saturated heterocycles. The summed E-state index contributed by atoms with van der Waals surface area (Å²) in [4.78, 5) is 5.38. The molecule has 12 heavy (non-hydrogen) atoms. The molecule has 1 heterocycles. The van der Waals surface area contributed by atoms with Crippen molar-refractivity contribution in [3.63, 3.8) is 0 Å². The van der Waals surface area contributed by atoms with E-state index in [0.29, 0.717) is 17.9 Å². The summed E-state index contributed by atoms with van der Waals surface area (Å²) in [7, 11) is 3.72. The average molecular weight is 176 g/mol. The van der Waals surface area contributed by atoms with Gasteiger partial charge in [0, 0.05) is 0 Å². The van der Waals surface area contributed by atoms with Crippen molar-refractivity contribution in [1.29, 1.82) is 0 Å². The van der Waals surface area contributed by atoms with Crippen LogP contribution in [0.15, 0.2) is 0 Å². The largest absolute Gasteiger partial charge is 0.366 e. The first kappa shape index (κ1) is 9.92. The molecular weight excluding hydrogens is 158 g/mol. The number of nitrogens with zero attached hydrogens (tertiary/aromatic N) is 1. The van der Waals surface area contributed by atoms with Crippen LogP contribution in [0.4, 0.5) is 0 Å². The van der Waals surface area contributed by atoms with Gasteiger partial charge < -0.3 is 9.47 Å². The van der Waals surface area contributed by atoms with E-state index in [1.165, 1.54) is 0 Å². The van der Waals surface area contributed by atoms with E-state index in [2.05, 4.69) is 0 Å². The highest BCUT2D eigenvalue weighted by molar-refractivity contribution is 4.48. The zero-order valence-electron chi connectivity index (χ0n) is 8.08. The van der Waals surface area contributed by atoms with Crippen molar-refractivity contribution in [3.8, 4) is 0 Å². The van der Waals surface area contributed by atoms with Crippen molar-refractivity contribution in [1.82, 2.24) is 0 Å². The van der Waals surface area contributed by atoms with Gasteiger partial charge in [-0.25, -0.2) is 4.84 Å². The number of likely N-dealkylation sites (N-methyl/N-ethyl adjacent to an activating group) is 1. The van der Waals surface area contributed by atoms with Crippen LogP contribution in [0.2, 0.25) is 0 Å². The maximum Gasteiger partial charge on any atom is 0.246 e. The molecule has 0 amide bonds. The summed E-state index contributed by atoms with van der Waals surface area (Å²) in [6.45, 7) is 4.90. The van der Waals surface area contributed by atoms with Crippen LogP contribution in [-0.2, 0) is 14.3 Å². The lowest BCUT2D eigenvalue weighted by Crippen LogP contribution is -2.59. The Morgan fingerprint density at radius 2 is 2.33 bits per heavy atom. The standard InChI is InChI=1S/C8H18NO3/c1-4-12-8-7-11-6-5-9(8,2)10-3/h8H,4-7H2,1-3H3/q+1. The minimum Gasteiger partial charge on any atom is -0.366 e. The van der Waals surface area contributed by atoms with Gasteiger partial charge in [-0.05, 0) is 6.92 Å². The lowest BCUT2D eigenvalue weighted by atomic mass is 10.4. The molecule has 4 nitrogen and oxygen atoms in total. The van der Waals surface area contributed by atoms with Gasteiger partial charge in [-0.2, -0.15) is 4.65 Å². The highest BCUT2D eigenvalue weighted by Gasteiger charge is 2.38. The molecule has 0 bridgehead atoms. The summed E-state index contributed by atoms with van der Waals surface area (Å²) in [5, 5.41) is 0. The Kier molecular flexibility index (Phi) is 3.46. The first-order chi connectivity index (χ1) is 5.73. The number of hydrogen-bond acceptors (Lipinski definition) is 3. The highest BCUT2D eigenvalue weighted by Crippen LogP contribution is 2.16. The van der Waals surface area contributed by atoms with Gasteiger partial charge in [-0.15, -0.1) is 0 Å². The van der Waals surface area contributed by atoms with Crippen LogP contribution in [0.3, 0.4) is 0 Å². The Morgan fingerprint density at radius 3 is 2.92 bits per heavy atom. The van der Waals surface area contributed by atoms with E-state index in [0.717, 1.165) is 13.2 Å². The zero-order chi connectivity index (χ0) is 9.03. The number of rotatable bonds is 3. The second-order valence-electron chi connectivity index (χ2n) is 3.07. The average Bonchev–Trinajstić information content (AvgIpc) is 2.10. The summed E-state index contributed by atoms with van der Waals surface area (Å²) in [5.41, 5.74) is 0. The van der Waals surface area contributed by atoms with Crippen LogP contribution in [0.1, 0.15) is 6.92 Å². The quantitative estimate of drug-likeness (QED) is 0.582. The fourth-order valence-corrected chi connectivity index (χ4v) is 1.34. The molecule has 0 aromatic heterocycles. The molecule has 0 spiro atoms. The van der Waals surface area contributed by atoms with E-state index in [-0.39, 0.29) is 6.23 Å². The van der Waals surface area contributed by atoms with Crippen molar-refractivity contribution in [2.24, 2.45) is 0 Å². The third-order valence-corrected chi connectivity index (χ3v) is 2.33. The van der Waals surface area contributed by atoms with E-state index in [1.54, 1.807) is 7.11 Å². The zero-order valence-corrected chi connectivity index (χ0v) is 8.08. The Hall–Kier alpha value is -0.160. The summed E-state index contributed by atoms with van der Waals surface area (Å²) < 4.78 is 11.3. The minimum absolute atomic E-state index is 0.0220. The predicted octanol–water partition coefficient (Wildman–Crippen LogP) is 0.387. The Morgan fingerprint density at radius 1 is 1.58 bits per heavy atom. The molecule has 4 heteroatoms. The van der Waals surface area contributed by atoms with Crippen molar-refractivity contribution in [3.05, 3.63) is 0 Å². The van der Waals surface area contributed by atoms with Gasteiger partial charge in [0.2, 0.25) is 6.23 Å². The normalized spacial score (nSPS) is 36.8. The maximum atomic E-state index is 5.51. The molecule has 0 aliphatic carbocycles. The SMILES string of the molecule is CCOC1COCC[N+]1(C)OC. The molecule has 0 aromatic rings. The smallest absolute Gasteiger partial charge is 0.246 e. The van der Waals surface area contributed by atoms with E-state index in [4.69, 9.17) is 14.3 Å². The van der Waals surface area contributed by atoms with E-state index >= 15 is 0 Å². The van der Waals surface area contributed by atoms with Gasteiger partial charge in [-0.1, -0.05) is 0 Å². The second-order valence-corrected chi connectivity index (χ2v) is 3.07. The fraction of sp³-hybridized carbons (Fsp3) is 1.00. The highest BCUT2D eigenvalue weighted by atomic mass is 16.7. The molecule has 0 aromatic carbocycles. The third kappa shape index (κ3) is 1.95. The Balaban J connectivity index is 2.53. The van der Waals surface area contributed by atoms with Crippen molar-refractivity contribution in [2.75, 3.05) is 40.5 Å². The van der Waals surface area contributed by atoms with Gasteiger partial charge in [0.1, 0.15) is 20.2 Å². The molecule has 0 saturated carbocycles. The number of quaternary nitrogens is 1. The summed E-state index contributed by atoms with van der Waals surface area (Å²) in [5.74, 6) is 0. The minimum atomic E-state index is 0.0220. The molecule has 1 fully saturated rings. The van der Waals surface area contributed by atoms with Crippen LogP contribution in [0.25, 0.3) is 0 Å². The van der Waals surface area contributed by atoms with Crippen LogP contribution in [0.5, 0.6) is 0 Å². The molecule has 2 unspecified atom stereocenters. The summed E-state index contributed by atoms with van der Waals surface area (Å²) >= 11 is 0. The number of hydrogen-bond donors (Lipinski definition) is 0. The predicted molar refractivity (Wildman–Crippen MR) is 44.3 cm³/mol. The van der Waals surface area contributed by atoms with Crippen LogP contribution >= 0.6 is 0 Å². The van der Waals surface area contributed by atoms with E-state index in [1.807, 2.05) is 14.0 Å². The summed E-state index contributed by atoms with van der Waals surface area (Å²) in [6.07, 6.45) is 0.0220. The molecular formula is C8H18NO3+. The first-order valence-electron chi connectivity index (χ1n) is 4.33. The number of hydroxylamine groups is 3. The molecule has 1 aliphatic heterocycles. The van der Waals surface area contributed by atoms with Gasteiger partial charge in [0.25, 0.3) is 0 Å². The van der Waals surface area contributed by atoms with Crippen molar-refractivity contribution >= 4 is 0 Å². The number of ether oxygens (including phenoxy) is 2. The molecule has 1 aliphatic rings.